The summed E-state index contributed by atoms with van der Waals surface area (Å²) in [6.45, 7) is 0. The molecule has 0 aliphatic rings. The van der Waals surface area contributed by atoms with Gasteiger partial charge in [0.1, 0.15) is 5.82 Å². The van der Waals surface area contributed by atoms with Crippen molar-refractivity contribution in [1.82, 2.24) is 9.97 Å². The van der Waals surface area contributed by atoms with Crippen molar-refractivity contribution in [2.24, 2.45) is 0 Å². The van der Waals surface area contributed by atoms with E-state index in [1.54, 1.807) is 6.20 Å². The van der Waals surface area contributed by atoms with E-state index >= 15 is 0 Å². The summed E-state index contributed by atoms with van der Waals surface area (Å²) in [5, 5.41) is 0.898. The van der Waals surface area contributed by atoms with Crippen molar-refractivity contribution in [1.29, 1.82) is 0 Å². The molecule has 3 aromatic rings. The quantitative estimate of drug-likeness (QED) is 0.618. The van der Waals surface area contributed by atoms with Crippen LogP contribution < -0.4 is 4.90 Å². The molecular weight excluding hydrogens is 305 g/mol. The lowest BCUT2D eigenvalue weighted by Gasteiger charge is -2.24. The molecule has 2 aromatic carbocycles. The second-order valence-electron chi connectivity index (χ2n) is 4.33. The fourth-order valence-electron chi connectivity index (χ4n) is 2.03. The van der Waals surface area contributed by atoms with E-state index in [-0.39, 0.29) is 5.28 Å². The Balaban J connectivity index is 2.13. The molecule has 0 spiro atoms. The molecule has 0 aliphatic carbocycles. The topological polar surface area (TPSA) is 29.0 Å². The number of rotatable bonds is 3. The van der Waals surface area contributed by atoms with Crippen LogP contribution in [0.5, 0.6) is 0 Å². The molecule has 1 aromatic heterocycles. The van der Waals surface area contributed by atoms with Crippen molar-refractivity contribution in [3.05, 3.63) is 77.2 Å². The lowest BCUT2D eigenvalue weighted by Crippen LogP contribution is -2.11. The lowest BCUT2D eigenvalue weighted by molar-refractivity contribution is 1.11. The van der Waals surface area contributed by atoms with Gasteiger partial charge in [-0.3, -0.25) is 4.90 Å². The molecule has 0 fully saturated rings. The highest BCUT2D eigenvalue weighted by atomic mass is 35.5. The van der Waals surface area contributed by atoms with Gasteiger partial charge in [0, 0.05) is 22.6 Å². The van der Waals surface area contributed by atoms with Crippen LogP contribution in [0.25, 0.3) is 0 Å². The van der Waals surface area contributed by atoms with Crippen molar-refractivity contribution >= 4 is 40.4 Å². The van der Waals surface area contributed by atoms with Crippen molar-refractivity contribution in [2.75, 3.05) is 4.90 Å². The Bertz CT molecular complexity index is 730. The molecular formula is C16H11Cl2N3. The van der Waals surface area contributed by atoms with Crippen LogP contribution >= 0.6 is 23.2 Å². The standard InChI is InChI=1S/C16H11Cl2N3/c17-12-6-8-14(9-7-12)21(13-4-2-1-3-5-13)15-10-11-19-16(18)20-15/h1-11H. The molecule has 0 amide bonds. The van der Waals surface area contributed by atoms with Crippen LogP contribution in [0.1, 0.15) is 0 Å². The van der Waals surface area contributed by atoms with E-state index in [0.717, 1.165) is 11.4 Å². The molecule has 104 valence electrons. The Hall–Kier alpha value is -2.10. The highest BCUT2D eigenvalue weighted by Crippen LogP contribution is 2.33. The first kappa shape index (κ1) is 13.9. The zero-order chi connectivity index (χ0) is 14.7. The Morgan fingerprint density at radius 2 is 1.43 bits per heavy atom. The van der Waals surface area contributed by atoms with Crippen molar-refractivity contribution in [3.8, 4) is 0 Å². The van der Waals surface area contributed by atoms with Gasteiger partial charge in [0.25, 0.3) is 0 Å². The zero-order valence-electron chi connectivity index (χ0n) is 10.9. The van der Waals surface area contributed by atoms with Gasteiger partial charge in [-0.1, -0.05) is 29.8 Å². The number of para-hydroxylation sites is 1. The average molecular weight is 316 g/mol. The summed E-state index contributed by atoms with van der Waals surface area (Å²) in [5.74, 6) is 0.698. The summed E-state index contributed by atoms with van der Waals surface area (Å²) < 4.78 is 0. The van der Waals surface area contributed by atoms with Gasteiger partial charge in [-0.25, -0.2) is 4.98 Å². The van der Waals surface area contributed by atoms with Gasteiger partial charge in [-0.05, 0) is 54.1 Å². The van der Waals surface area contributed by atoms with Crippen molar-refractivity contribution in [2.45, 2.75) is 0 Å². The minimum atomic E-state index is 0.211. The zero-order valence-corrected chi connectivity index (χ0v) is 12.5. The molecule has 0 radical (unpaired) electrons. The molecule has 3 nitrogen and oxygen atoms in total. The van der Waals surface area contributed by atoms with Crippen LogP contribution in [-0.2, 0) is 0 Å². The van der Waals surface area contributed by atoms with E-state index in [1.807, 2.05) is 65.6 Å². The van der Waals surface area contributed by atoms with Crippen molar-refractivity contribution in [3.63, 3.8) is 0 Å². The lowest BCUT2D eigenvalue weighted by atomic mass is 10.2. The summed E-state index contributed by atoms with van der Waals surface area (Å²) in [5.41, 5.74) is 1.93. The second-order valence-corrected chi connectivity index (χ2v) is 5.11. The summed E-state index contributed by atoms with van der Waals surface area (Å²) in [6, 6.07) is 19.3. The molecule has 0 N–H and O–H groups in total. The third-order valence-corrected chi connectivity index (χ3v) is 3.37. The SMILES string of the molecule is Clc1ccc(N(c2ccccc2)c2ccnc(Cl)n2)cc1. The van der Waals surface area contributed by atoms with Gasteiger partial charge < -0.3 is 0 Å². The van der Waals surface area contributed by atoms with E-state index in [9.17, 15) is 0 Å². The van der Waals surface area contributed by atoms with E-state index in [0.29, 0.717) is 10.8 Å². The summed E-state index contributed by atoms with van der Waals surface area (Å²) in [6.07, 6.45) is 1.64. The Kier molecular flexibility index (Phi) is 4.04. The van der Waals surface area contributed by atoms with E-state index < -0.39 is 0 Å². The highest BCUT2D eigenvalue weighted by Gasteiger charge is 2.13. The van der Waals surface area contributed by atoms with Crippen LogP contribution in [0.2, 0.25) is 10.3 Å². The molecule has 1 heterocycles. The van der Waals surface area contributed by atoms with Crippen LogP contribution in [0.3, 0.4) is 0 Å². The first-order chi connectivity index (χ1) is 10.2. The molecule has 0 saturated carbocycles. The maximum atomic E-state index is 5.97. The third kappa shape index (κ3) is 3.15. The van der Waals surface area contributed by atoms with E-state index in [2.05, 4.69) is 9.97 Å². The molecule has 0 unspecified atom stereocenters. The van der Waals surface area contributed by atoms with E-state index in [1.165, 1.54) is 0 Å². The van der Waals surface area contributed by atoms with E-state index in [4.69, 9.17) is 23.2 Å². The predicted molar refractivity (Wildman–Crippen MR) is 86.7 cm³/mol. The van der Waals surface area contributed by atoms with Gasteiger partial charge in [0.15, 0.2) is 0 Å². The predicted octanol–water partition coefficient (Wildman–Crippen LogP) is 5.25. The first-order valence-corrected chi connectivity index (χ1v) is 7.09. The fraction of sp³-hybridized carbons (Fsp3) is 0. The summed E-state index contributed by atoms with van der Waals surface area (Å²) in [7, 11) is 0. The molecule has 21 heavy (non-hydrogen) atoms. The fourth-order valence-corrected chi connectivity index (χ4v) is 2.30. The van der Waals surface area contributed by atoms with Gasteiger partial charge in [-0.15, -0.1) is 0 Å². The van der Waals surface area contributed by atoms with Gasteiger partial charge >= 0.3 is 0 Å². The summed E-state index contributed by atoms with van der Waals surface area (Å²) >= 11 is 11.9. The maximum absolute atomic E-state index is 5.97. The second kappa shape index (κ2) is 6.12. The third-order valence-electron chi connectivity index (χ3n) is 2.94. The van der Waals surface area contributed by atoms with Gasteiger partial charge in [0.05, 0.1) is 0 Å². The van der Waals surface area contributed by atoms with Crippen LogP contribution in [0.15, 0.2) is 66.9 Å². The number of halogens is 2. The smallest absolute Gasteiger partial charge is 0.224 e. The average Bonchev–Trinajstić information content (AvgIpc) is 2.51. The van der Waals surface area contributed by atoms with Gasteiger partial charge in [-0.2, -0.15) is 4.98 Å². The van der Waals surface area contributed by atoms with Crippen LogP contribution in [-0.4, -0.2) is 9.97 Å². The maximum Gasteiger partial charge on any atom is 0.224 e. The molecule has 0 aliphatic heterocycles. The number of anilines is 3. The number of benzene rings is 2. The molecule has 5 heteroatoms. The Morgan fingerprint density at radius 1 is 0.762 bits per heavy atom. The minimum absolute atomic E-state index is 0.211. The number of hydrogen-bond donors (Lipinski definition) is 0. The number of aromatic nitrogens is 2. The molecule has 0 saturated heterocycles. The number of hydrogen-bond acceptors (Lipinski definition) is 3. The minimum Gasteiger partial charge on any atom is -0.295 e. The first-order valence-electron chi connectivity index (χ1n) is 6.33. The van der Waals surface area contributed by atoms with Crippen LogP contribution in [0.4, 0.5) is 17.2 Å². The molecule has 0 bridgehead atoms. The molecule has 3 rings (SSSR count). The number of nitrogens with zero attached hydrogens (tertiary/aromatic N) is 3. The normalized spacial score (nSPS) is 10.4. The van der Waals surface area contributed by atoms with Crippen LogP contribution in [0, 0.1) is 0 Å². The van der Waals surface area contributed by atoms with Gasteiger partial charge in [0.2, 0.25) is 5.28 Å². The highest BCUT2D eigenvalue weighted by molar-refractivity contribution is 6.30. The summed E-state index contributed by atoms with van der Waals surface area (Å²) in [4.78, 5) is 10.2. The Morgan fingerprint density at radius 3 is 2.10 bits per heavy atom. The largest absolute Gasteiger partial charge is 0.295 e. The Labute approximate surface area is 132 Å². The van der Waals surface area contributed by atoms with Crippen molar-refractivity contribution < 1.29 is 0 Å². The molecule has 0 atom stereocenters. The monoisotopic (exact) mass is 315 g/mol.